The predicted octanol–water partition coefficient (Wildman–Crippen LogP) is 3.49. The lowest BCUT2D eigenvalue weighted by atomic mass is 10.0. The Kier molecular flexibility index (Phi) is 4.57. The Morgan fingerprint density at radius 2 is 1.83 bits per heavy atom. The number of likely N-dealkylation sites (tertiary alicyclic amines) is 1. The van der Waals surface area contributed by atoms with E-state index in [-0.39, 0.29) is 5.91 Å². The highest BCUT2D eigenvalue weighted by atomic mass is 16.2. The number of piperidine rings is 1. The van der Waals surface area contributed by atoms with Crippen LogP contribution in [0.25, 0.3) is 5.57 Å². The lowest BCUT2D eigenvalue weighted by Crippen LogP contribution is -2.34. The second-order valence-corrected chi connectivity index (χ2v) is 4.78. The SMILES string of the molecule is CC/C(=C\C(=O)N1CCCCC1)c1ccccc1. The molecule has 2 heteroatoms. The summed E-state index contributed by atoms with van der Waals surface area (Å²) in [4.78, 5) is 14.2. The highest BCUT2D eigenvalue weighted by Gasteiger charge is 2.15. The summed E-state index contributed by atoms with van der Waals surface area (Å²) < 4.78 is 0. The highest BCUT2D eigenvalue weighted by Crippen LogP contribution is 2.18. The Balaban J connectivity index is 2.11. The van der Waals surface area contributed by atoms with Crippen LogP contribution in [0.2, 0.25) is 0 Å². The number of hydrogen-bond acceptors (Lipinski definition) is 1. The molecule has 0 unspecified atom stereocenters. The van der Waals surface area contributed by atoms with Gasteiger partial charge in [0.05, 0.1) is 0 Å². The van der Waals surface area contributed by atoms with Crippen molar-refractivity contribution in [3.8, 4) is 0 Å². The van der Waals surface area contributed by atoms with Gasteiger partial charge in [-0.1, -0.05) is 37.3 Å². The van der Waals surface area contributed by atoms with E-state index in [1.807, 2.05) is 29.2 Å². The minimum Gasteiger partial charge on any atom is -0.339 e. The molecule has 0 bridgehead atoms. The largest absolute Gasteiger partial charge is 0.339 e. The van der Waals surface area contributed by atoms with Crippen LogP contribution in [0.1, 0.15) is 38.2 Å². The first kappa shape index (κ1) is 12.9. The van der Waals surface area contributed by atoms with Gasteiger partial charge in [-0.3, -0.25) is 4.79 Å². The summed E-state index contributed by atoms with van der Waals surface area (Å²) in [5.74, 6) is 0.176. The maximum Gasteiger partial charge on any atom is 0.246 e. The molecule has 0 aromatic heterocycles. The fraction of sp³-hybridized carbons (Fsp3) is 0.438. The topological polar surface area (TPSA) is 20.3 Å². The molecule has 1 amide bonds. The number of hydrogen-bond donors (Lipinski definition) is 0. The second kappa shape index (κ2) is 6.39. The van der Waals surface area contributed by atoms with Gasteiger partial charge in [0, 0.05) is 19.2 Å². The smallest absolute Gasteiger partial charge is 0.246 e. The van der Waals surface area contributed by atoms with Crippen molar-refractivity contribution in [2.24, 2.45) is 0 Å². The van der Waals surface area contributed by atoms with Crippen LogP contribution in [0.4, 0.5) is 0 Å². The quantitative estimate of drug-likeness (QED) is 0.744. The Morgan fingerprint density at radius 1 is 1.17 bits per heavy atom. The molecule has 1 saturated heterocycles. The van der Waals surface area contributed by atoms with Crippen molar-refractivity contribution in [2.75, 3.05) is 13.1 Å². The van der Waals surface area contributed by atoms with E-state index in [9.17, 15) is 4.79 Å². The van der Waals surface area contributed by atoms with Crippen molar-refractivity contribution in [1.29, 1.82) is 0 Å². The molecule has 1 aliphatic heterocycles. The maximum absolute atomic E-state index is 12.2. The summed E-state index contributed by atoms with van der Waals surface area (Å²) in [6, 6.07) is 10.2. The number of allylic oxidation sites excluding steroid dienone is 1. The summed E-state index contributed by atoms with van der Waals surface area (Å²) in [5.41, 5.74) is 2.29. The molecule has 1 heterocycles. The number of carbonyl (C=O) groups is 1. The Morgan fingerprint density at radius 3 is 2.44 bits per heavy atom. The number of rotatable bonds is 3. The van der Waals surface area contributed by atoms with Gasteiger partial charge in [0.25, 0.3) is 0 Å². The third-order valence-electron chi connectivity index (χ3n) is 3.49. The molecule has 1 aromatic rings. The zero-order valence-electron chi connectivity index (χ0n) is 11.1. The average molecular weight is 243 g/mol. The second-order valence-electron chi connectivity index (χ2n) is 4.78. The molecule has 0 atom stereocenters. The van der Waals surface area contributed by atoms with Gasteiger partial charge in [0.15, 0.2) is 0 Å². The number of benzene rings is 1. The van der Waals surface area contributed by atoms with Gasteiger partial charge in [-0.2, -0.15) is 0 Å². The van der Waals surface area contributed by atoms with E-state index in [1.54, 1.807) is 0 Å². The van der Waals surface area contributed by atoms with E-state index in [2.05, 4.69) is 19.1 Å². The van der Waals surface area contributed by atoms with Crippen molar-refractivity contribution in [2.45, 2.75) is 32.6 Å². The van der Waals surface area contributed by atoms with Gasteiger partial charge in [-0.15, -0.1) is 0 Å². The molecule has 2 nitrogen and oxygen atoms in total. The van der Waals surface area contributed by atoms with Crippen LogP contribution in [-0.4, -0.2) is 23.9 Å². The number of amides is 1. The fourth-order valence-corrected chi connectivity index (χ4v) is 2.40. The monoisotopic (exact) mass is 243 g/mol. The van der Waals surface area contributed by atoms with Crippen LogP contribution in [0.5, 0.6) is 0 Å². The van der Waals surface area contributed by atoms with Crippen molar-refractivity contribution in [3.63, 3.8) is 0 Å². The molecule has 18 heavy (non-hydrogen) atoms. The Bertz CT molecular complexity index is 416. The van der Waals surface area contributed by atoms with E-state index < -0.39 is 0 Å². The van der Waals surface area contributed by atoms with Crippen molar-refractivity contribution >= 4 is 11.5 Å². The first-order valence-corrected chi connectivity index (χ1v) is 6.86. The normalized spacial score (nSPS) is 16.7. The van der Waals surface area contributed by atoms with Crippen molar-refractivity contribution in [3.05, 3.63) is 42.0 Å². The zero-order chi connectivity index (χ0) is 12.8. The first-order chi connectivity index (χ1) is 8.81. The van der Waals surface area contributed by atoms with Gasteiger partial charge >= 0.3 is 0 Å². The third-order valence-corrected chi connectivity index (χ3v) is 3.49. The van der Waals surface area contributed by atoms with Gasteiger partial charge in [0.2, 0.25) is 5.91 Å². The Hall–Kier alpha value is -1.57. The van der Waals surface area contributed by atoms with Crippen LogP contribution in [0.3, 0.4) is 0 Å². The molecule has 0 aliphatic carbocycles. The minimum atomic E-state index is 0.176. The Labute approximate surface area is 109 Å². The van der Waals surface area contributed by atoms with E-state index in [1.165, 1.54) is 6.42 Å². The highest BCUT2D eigenvalue weighted by molar-refractivity contribution is 5.95. The van der Waals surface area contributed by atoms with Gasteiger partial charge in [0.1, 0.15) is 0 Å². The van der Waals surface area contributed by atoms with E-state index in [0.29, 0.717) is 0 Å². The molecule has 0 spiro atoms. The summed E-state index contributed by atoms with van der Waals surface area (Å²) in [6.07, 6.45) is 6.26. The lowest BCUT2D eigenvalue weighted by Gasteiger charge is -2.25. The molecular formula is C16H21NO. The number of carbonyl (C=O) groups excluding carboxylic acids is 1. The molecule has 1 fully saturated rings. The summed E-state index contributed by atoms with van der Waals surface area (Å²) in [7, 11) is 0. The third kappa shape index (κ3) is 3.22. The van der Waals surface area contributed by atoms with Crippen LogP contribution >= 0.6 is 0 Å². The fourth-order valence-electron chi connectivity index (χ4n) is 2.40. The lowest BCUT2D eigenvalue weighted by molar-refractivity contribution is -0.126. The van der Waals surface area contributed by atoms with Crippen molar-refractivity contribution < 1.29 is 4.79 Å². The molecule has 0 radical (unpaired) electrons. The minimum absolute atomic E-state index is 0.176. The molecular weight excluding hydrogens is 222 g/mol. The van der Waals surface area contributed by atoms with E-state index in [4.69, 9.17) is 0 Å². The standard InChI is InChI=1S/C16H21NO/c1-2-14(15-9-5-3-6-10-15)13-16(18)17-11-7-4-8-12-17/h3,5-6,9-10,13H,2,4,7-8,11-12H2,1H3/b14-13+. The van der Waals surface area contributed by atoms with Gasteiger partial charge in [-0.05, 0) is 36.8 Å². The zero-order valence-corrected chi connectivity index (χ0v) is 11.1. The molecule has 1 aromatic carbocycles. The van der Waals surface area contributed by atoms with Gasteiger partial charge < -0.3 is 4.90 Å². The molecule has 96 valence electrons. The number of nitrogens with zero attached hydrogens (tertiary/aromatic N) is 1. The average Bonchev–Trinajstić information content (AvgIpc) is 2.46. The van der Waals surface area contributed by atoms with Crippen LogP contribution in [-0.2, 0) is 4.79 Å². The maximum atomic E-state index is 12.2. The molecule has 1 aliphatic rings. The van der Waals surface area contributed by atoms with Crippen molar-refractivity contribution in [1.82, 2.24) is 4.90 Å². The molecule has 0 N–H and O–H groups in total. The van der Waals surface area contributed by atoms with E-state index in [0.717, 1.165) is 43.5 Å². The van der Waals surface area contributed by atoms with Crippen LogP contribution in [0.15, 0.2) is 36.4 Å². The predicted molar refractivity (Wildman–Crippen MR) is 75.1 cm³/mol. The van der Waals surface area contributed by atoms with Crippen LogP contribution < -0.4 is 0 Å². The summed E-state index contributed by atoms with van der Waals surface area (Å²) in [5, 5.41) is 0. The molecule has 2 rings (SSSR count). The summed E-state index contributed by atoms with van der Waals surface area (Å²) in [6.45, 7) is 3.94. The molecule has 0 saturated carbocycles. The van der Waals surface area contributed by atoms with Gasteiger partial charge in [-0.25, -0.2) is 0 Å². The first-order valence-electron chi connectivity index (χ1n) is 6.86. The van der Waals surface area contributed by atoms with Crippen LogP contribution in [0, 0.1) is 0 Å². The summed E-state index contributed by atoms with van der Waals surface area (Å²) >= 11 is 0. The van der Waals surface area contributed by atoms with E-state index >= 15 is 0 Å².